The summed E-state index contributed by atoms with van der Waals surface area (Å²) in [6, 6.07) is 7.07. The van der Waals surface area contributed by atoms with Gasteiger partial charge in [0.2, 0.25) is 0 Å². The molecule has 12 heteroatoms. The smallest absolute Gasteiger partial charge is 0.340 e. The highest BCUT2D eigenvalue weighted by Crippen LogP contribution is 2.36. The van der Waals surface area contributed by atoms with E-state index in [1.54, 1.807) is 18.2 Å². The van der Waals surface area contributed by atoms with Crippen molar-refractivity contribution in [3.8, 4) is 5.75 Å². The van der Waals surface area contributed by atoms with Crippen LogP contribution in [0.4, 0.5) is 0 Å². The number of aliphatic hydroxyl groups is 3. The Morgan fingerprint density at radius 3 is 2.88 bits per heavy atom. The number of benzene rings is 1. The van der Waals surface area contributed by atoms with Crippen LogP contribution in [0.1, 0.15) is 11.8 Å². The number of nitrogens with zero attached hydrogens (tertiary/aromatic N) is 4. The van der Waals surface area contributed by atoms with E-state index in [9.17, 15) is 20.1 Å². The summed E-state index contributed by atoms with van der Waals surface area (Å²) in [6.45, 7) is -0.458. The lowest BCUT2D eigenvalue weighted by Crippen LogP contribution is -2.33. The fraction of sp³-hybridized carbons (Fsp3) is 0.333. The van der Waals surface area contributed by atoms with Crippen LogP contribution < -0.4 is 10.4 Å². The average Bonchev–Trinajstić information content (AvgIpc) is 3.33. The number of hydrogen-bond donors (Lipinski definition) is 3. The summed E-state index contributed by atoms with van der Waals surface area (Å²) >= 11 is 1.22. The van der Waals surface area contributed by atoms with E-state index >= 15 is 0 Å². The maximum absolute atomic E-state index is 12.6. The van der Waals surface area contributed by atoms with E-state index in [4.69, 9.17) is 13.9 Å². The SMILES string of the molecule is COc1cccc2cc(CSc3nc4cncnc4n3[C@@H]3O[C@H](CO)[C@@H](O)[C@H]3O)c(=O)oc12. The Kier molecular flexibility index (Phi) is 5.76. The molecule has 5 rings (SSSR count). The summed E-state index contributed by atoms with van der Waals surface area (Å²) in [5.41, 5.74) is 1.11. The molecule has 33 heavy (non-hydrogen) atoms. The van der Waals surface area contributed by atoms with Gasteiger partial charge in [-0.25, -0.2) is 19.7 Å². The van der Waals surface area contributed by atoms with Crippen molar-refractivity contribution in [2.45, 2.75) is 35.4 Å². The van der Waals surface area contributed by atoms with E-state index in [0.717, 1.165) is 0 Å². The summed E-state index contributed by atoms with van der Waals surface area (Å²) in [6.07, 6.45) is -1.73. The molecule has 0 saturated carbocycles. The minimum absolute atomic E-state index is 0.209. The molecule has 1 aliphatic rings. The molecule has 4 heterocycles. The molecule has 4 aromatic rings. The second kappa shape index (κ2) is 8.72. The number of aromatic nitrogens is 4. The second-order valence-corrected chi connectivity index (χ2v) is 8.39. The lowest BCUT2D eigenvalue weighted by Gasteiger charge is -2.19. The summed E-state index contributed by atoms with van der Waals surface area (Å²) < 4.78 is 18.0. The molecule has 0 radical (unpaired) electrons. The monoisotopic (exact) mass is 472 g/mol. The van der Waals surface area contributed by atoms with Crippen molar-refractivity contribution in [3.63, 3.8) is 0 Å². The molecule has 0 unspecified atom stereocenters. The molecule has 0 spiro atoms. The van der Waals surface area contributed by atoms with Gasteiger partial charge in [-0.05, 0) is 12.1 Å². The van der Waals surface area contributed by atoms with Crippen LogP contribution in [0.25, 0.3) is 22.1 Å². The molecule has 1 saturated heterocycles. The largest absolute Gasteiger partial charge is 0.493 e. The standard InChI is InChI=1S/C21H20N4O7S/c1-30-13-4-2-3-10-5-11(20(29)32-17(10)13)8-33-21-24-12-6-22-9-23-18(12)25(21)19-16(28)15(27)14(7-26)31-19/h2-6,9,14-16,19,26-28H,7-8H2,1H3/t14-,15-,16-,19-/m1/s1. The topological polar surface area (TPSA) is 153 Å². The number of fused-ring (bicyclic) bond motifs is 2. The zero-order valence-electron chi connectivity index (χ0n) is 17.4. The van der Waals surface area contributed by atoms with Crippen molar-refractivity contribution in [1.29, 1.82) is 0 Å². The third-order valence-corrected chi connectivity index (χ3v) is 6.47. The first-order chi connectivity index (χ1) is 16.0. The molecular weight excluding hydrogens is 452 g/mol. The first-order valence-electron chi connectivity index (χ1n) is 10.0. The summed E-state index contributed by atoms with van der Waals surface area (Å²) in [4.78, 5) is 25.3. The highest BCUT2D eigenvalue weighted by molar-refractivity contribution is 7.98. The van der Waals surface area contributed by atoms with Crippen molar-refractivity contribution in [1.82, 2.24) is 19.5 Å². The van der Waals surface area contributed by atoms with Crippen LogP contribution >= 0.6 is 11.8 Å². The molecular formula is C21H20N4O7S. The van der Waals surface area contributed by atoms with Gasteiger partial charge in [0, 0.05) is 16.7 Å². The number of methoxy groups -OCH3 is 1. The minimum atomic E-state index is -1.31. The van der Waals surface area contributed by atoms with Crippen LogP contribution in [0.2, 0.25) is 0 Å². The first kappa shape index (κ1) is 21.8. The Bertz CT molecular complexity index is 1370. The molecule has 3 N–H and O–H groups in total. The average molecular weight is 472 g/mol. The third kappa shape index (κ3) is 3.75. The van der Waals surface area contributed by atoms with Crippen LogP contribution in [-0.2, 0) is 10.5 Å². The molecule has 172 valence electrons. The predicted octanol–water partition coefficient (Wildman–Crippen LogP) is 0.845. The van der Waals surface area contributed by atoms with Gasteiger partial charge in [-0.2, -0.15) is 0 Å². The van der Waals surface area contributed by atoms with Crippen LogP contribution in [0.5, 0.6) is 5.75 Å². The minimum Gasteiger partial charge on any atom is -0.493 e. The van der Waals surface area contributed by atoms with E-state index in [1.807, 2.05) is 6.07 Å². The van der Waals surface area contributed by atoms with E-state index < -0.39 is 36.8 Å². The first-order valence-corrected chi connectivity index (χ1v) is 11.0. The van der Waals surface area contributed by atoms with Gasteiger partial charge in [0.25, 0.3) is 0 Å². The van der Waals surface area contributed by atoms with Gasteiger partial charge in [-0.15, -0.1) is 0 Å². The van der Waals surface area contributed by atoms with Gasteiger partial charge in [0.1, 0.15) is 30.2 Å². The van der Waals surface area contributed by atoms with Gasteiger partial charge in [-0.1, -0.05) is 23.9 Å². The van der Waals surface area contributed by atoms with Crippen molar-refractivity contribution >= 4 is 33.9 Å². The number of imidazole rings is 1. The Morgan fingerprint density at radius 1 is 1.27 bits per heavy atom. The molecule has 1 aliphatic heterocycles. The summed E-state index contributed by atoms with van der Waals surface area (Å²) in [5, 5.41) is 31.3. The maximum Gasteiger partial charge on any atom is 0.340 e. The molecule has 3 aromatic heterocycles. The van der Waals surface area contributed by atoms with Crippen molar-refractivity contribution in [3.05, 3.63) is 52.8 Å². The number of hydrogen-bond acceptors (Lipinski definition) is 11. The highest BCUT2D eigenvalue weighted by atomic mass is 32.2. The second-order valence-electron chi connectivity index (χ2n) is 7.45. The van der Waals surface area contributed by atoms with Gasteiger partial charge >= 0.3 is 5.63 Å². The van der Waals surface area contributed by atoms with E-state index in [-0.39, 0.29) is 5.75 Å². The van der Waals surface area contributed by atoms with Crippen LogP contribution in [0.3, 0.4) is 0 Å². The number of thioether (sulfide) groups is 1. The van der Waals surface area contributed by atoms with Gasteiger partial charge < -0.3 is 29.2 Å². The number of ether oxygens (including phenoxy) is 2. The molecule has 0 aliphatic carbocycles. The fourth-order valence-electron chi connectivity index (χ4n) is 3.82. The van der Waals surface area contributed by atoms with Gasteiger partial charge in [0.15, 0.2) is 28.4 Å². The molecule has 4 atom stereocenters. The normalized spacial score (nSPS) is 22.9. The number of para-hydroxylation sites is 1. The summed E-state index contributed by atoms with van der Waals surface area (Å²) in [5.74, 6) is 0.676. The maximum atomic E-state index is 12.6. The van der Waals surface area contributed by atoms with Crippen LogP contribution in [0.15, 0.2) is 51.2 Å². The van der Waals surface area contributed by atoms with Crippen molar-refractivity contribution in [2.75, 3.05) is 13.7 Å². The summed E-state index contributed by atoms with van der Waals surface area (Å²) in [7, 11) is 1.50. The van der Waals surface area contributed by atoms with Crippen LogP contribution in [-0.4, -0.2) is 66.9 Å². The molecule has 1 fully saturated rings. The Labute approximate surface area is 190 Å². The molecule has 1 aromatic carbocycles. The zero-order valence-corrected chi connectivity index (χ0v) is 18.2. The zero-order chi connectivity index (χ0) is 23.1. The van der Waals surface area contributed by atoms with E-state index in [2.05, 4.69) is 15.0 Å². The van der Waals surface area contributed by atoms with Crippen LogP contribution in [0, 0.1) is 0 Å². The fourth-order valence-corrected chi connectivity index (χ4v) is 4.79. The van der Waals surface area contributed by atoms with Gasteiger partial charge in [0.05, 0.1) is 19.9 Å². The Balaban J connectivity index is 1.51. The van der Waals surface area contributed by atoms with E-state index in [1.165, 1.54) is 36.0 Å². The highest BCUT2D eigenvalue weighted by Gasteiger charge is 2.44. The van der Waals surface area contributed by atoms with Crippen molar-refractivity contribution in [2.24, 2.45) is 0 Å². The quantitative estimate of drug-likeness (QED) is 0.270. The van der Waals surface area contributed by atoms with Gasteiger partial charge in [-0.3, -0.25) is 4.57 Å². The molecule has 0 amide bonds. The molecule has 11 nitrogen and oxygen atoms in total. The van der Waals surface area contributed by atoms with Crippen molar-refractivity contribution < 1.29 is 29.2 Å². The number of aliphatic hydroxyl groups excluding tert-OH is 3. The lowest BCUT2D eigenvalue weighted by molar-refractivity contribution is -0.0548. The van der Waals surface area contributed by atoms with E-state index in [0.29, 0.717) is 38.6 Å². The third-order valence-electron chi connectivity index (χ3n) is 5.47. The lowest BCUT2D eigenvalue weighted by atomic mass is 10.1. The number of rotatable bonds is 6. The Morgan fingerprint density at radius 2 is 2.12 bits per heavy atom. The Hall–Kier alpha value is -3.03. The predicted molar refractivity (Wildman–Crippen MR) is 117 cm³/mol. The molecule has 0 bridgehead atoms.